The number of ether oxygens (including phenoxy) is 1. The molecule has 2 unspecified atom stereocenters. The van der Waals surface area contributed by atoms with Crippen molar-refractivity contribution in [2.24, 2.45) is 0 Å². The minimum Gasteiger partial charge on any atom is -0.375 e. The zero-order valence-corrected chi connectivity index (χ0v) is 21.3. The van der Waals surface area contributed by atoms with E-state index in [0.717, 1.165) is 17.1 Å². The van der Waals surface area contributed by atoms with E-state index >= 15 is 0 Å². The van der Waals surface area contributed by atoms with Gasteiger partial charge in [-0.3, -0.25) is 9.78 Å². The van der Waals surface area contributed by atoms with Gasteiger partial charge in [0.25, 0.3) is 0 Å². The standard InChI is InChI=1S/C27H23ClFN5O2S/c1-36-16-24(35)31-21-11-10-19(15-20(21)28)34-26(25(32-27(34)37)22-8-2-3-12-30-22)23-9-5-13-33(23)18-7-4-6-17(29)14-18/h2-15,25-26H,16H2,1H3,(H,31,35)(H,32,37). The molecular formula is C27H23ClFN5O2S. The first-order valence-corrected chi connectivity index (χ1v) is 12.3. The van der Waals surface area contributed by atoms with Crippen molar-refractivity contribution in [3.8, 4) is 5.69 Å². The highest BCUT2D eigenvalue weighted by molar-refractivity contribution is 7.80. The quantitative estimate of drug-likeness (QED) is 0.308. The number of pyridine rings is 1. The Labute approximate surface area is 223 Å². The Kier molecular flexibility index (Phi) is 7.18. The third-order valence-electron chi connectivity index (χ3n) is 6.05. The van der Waals surface area contributed by atoms with E-state index in [4.69, 9.17) is 28.6 Å². The Bertz CT molecular complexity index is 1450. The number of halogens is 2. The number of methoxy groups -OCH3 is 1. The van der Waals surface area contributed by atoms with Crippen molar-refractivity contribution in [1.29, 1.82) is 0 Å². The van der Waals surface area contributed by atoms with Crippen LogP contribution in [0.5, 0.6) is 0 Å². The lowest BCUT2D eigenvalue weighted by atomic mass is 10.0. The van der Waals surface area contributed by atoms with Crippen LogP contribution in [0.25, 0.3) is 5.69 Å². The number of thiocarbonyl (C=S) groups is 1. The number of nitrogens with one attached hydrogen (secondary N) is 2. The van der Waals surface area contributed by atoms with Crippen LogP contribution in [0.4, 0.5) is 15.8 Å². The minimum atomic E-state index is -0.342. The van der Waals surface area contributed by atoms with Gasteiger partial charge in [0, 0.05) is 36.6 Å². The molecule has 1 fully saturated rings. The Morgan fingerprint density at radius 3 is 2.73 bits per heavy atom. The van der Waals surface area contributed by atoms with Gasteiger partial charge in [-0.25, -0.2) is 4.39 Å². The van der Waals surface area contributed by atoms with Crippen LogP contribution in [-0.4, -0.2) is 34.3 Å². The molecule has 5 rings (SSSR count). The molecule has 0 bridgehead atoms. The number of hydrogen-bond donors (Lipinski definition) is 2. The molecule has 2 aromatic carbocycles. The summed E-state index contributed by atoms with van der Waals surface area (Å²) in [4.78, 5) is 18.5. The Morgan fingerprint density at radius 2 is 2.00 bits per heavy atom. The zero-order chi connectivity index (χ0) is 25.9. The molecule has 10 heteroatoms. The first-order valence-electron chi connectivity index (χ1n) is 11.5. The van der Waals surface area contributed by atoms with E-state index in [1.54, 1.807) is 24.4 Å². The monoisotopic (exact) mass is 535 g/mol. The van der Waals surface area contributed by atoms with Crippen molar-refractivity contribution in [1.82, 2.24) is 14.9 Å². The van der Waals surface area contributed by atoms with Gasteiger partial charge in [0.15, 0.2) is 5.11 Å². The van der Waals surface area contributed by atoms with E-state index in [0.29, 0.717) is 21.5 Å². The SMILES string of the molecule is COCC(=O)Nc1ccc(N2C(=S)NC(c3ccccn3)C2c2cccn2-c2cccc(F)c2)cc1Cl. The lowest BCUT2D eigenvalue weighted by molar-refractivity contribution is -0.119. The molecule has 0 radical (unpaired) electrons. The van der Waals surface area contributed by atoms with Crippen LogP contribution >= 0.6 is 23.8 Å². The summed E-state index contributed by atoms with van der Waals surface area (Å²) in [5.74, 6) is -0.634. The Balaban J connectivity index is 1.59. The van der Waals surface area contributed by atoms with E-state index in [1.807, 2.05) is 58.1 Å². The predicted molar refractivity (Wildman–Crippen MR) is 146 cm³/mol. The van der Waals surface area contributed by atoms with E-state index in [9.17, 15) is 9.18 Å². The van der Waals surface area contributed by atoms with Crippen molar-refractivity contribution in [2.45, 2.75) is 12.1 Å². The topological polar surface area (TPSA) is 71.4 Å². The molecule has 4 aromatic rings. The van der Waals surface area contributed by atoms with Gasteiger partial charge in [0.05, 0.1) is 22.4 Å². The van der Waals surface area contributed by atoms with Crippen molar-refractivity contribution in [3.05, 3.63) is 107 Å². The number of carbonyl (C=O) groups excluding carboxylic acids is 1. The second-order valence-corrected chi connectivity index (χ2v) is 9.22. The predicted octanol–water partition coefficient (Wildman–Crippen LogP) is 5.43. The van der Waals surface area contributed by atoms with E-state index < -0.39 is 0 Å². The molecule has 2 atom stereocenters. The van der Waals surface area contributed by atoms with E-state index in [-0.39, 0.29) is 30.4 Å². The maximum Gasteiger partial charge on any atom is 0.250 e. The normalized spacial score (nSPS) is 17.1. The molecule has 1 aliphatic heterocycles. The minimum absolute atomic E-state index is 0.0802. The molecule has 2 N–H and O–H groups in total. The molecule has 7 nitrogen and oxygen atoms in total. The average Bonchev–Trinajstić information content (AvgIpc) is 3.50. The highest BCUT2D eigenvalue weighted by Gasteiger charge is 2.42. The van der Waals surface area contributed by atoms with Gasteiger partial charge in [-0.2, -0.15) is 0 Å². The van der Waals surface area contributed by atoms with Gasteiger partial charge in [-0.15, -0.1) is 0 Å². The molecule has 1 aliphatic rings. The lowest BCUT2D eigenvalue weighted by Gasteiger charge is -2.29. The molecule has 37 heavy (non-hydrogen) atoms. The van der Waals surface area contributed by atoms with Crippen LogP contribution in [0.1, 0.15) is 23.5 Å². The number of nitrogens with zero attached hydrogens (tertiary/aromatic N) is 3. The number of benzene rings is 2. The van der Waals surface area contributed by atoms with Gasteiger partial charge in [-0.05, 0) is 72.9 Å². The summed E-state index contributed by atoms with van der Waals surface area (Å²) in [5.41, 5.74) is 3.56. The Hall–Kier alpha value is -3.79. The molecule has 1 amide bonds. The lowest BCUT2D eigenvalue weighted by Crippen LogP contribution is -2.30. The van der Waals surface area contributed by atoms with Crippen molar-refractivity contribution in [2.75, 3.05) is 23.9 Å². The van der Waals surface area contributed by atoms with Gasteiger partial charge in [0.2, 0.25) is 5.91 Å². The van der Waals surface area contributed by atoms with Gasteiger partial charge >= 0.3 is 0 Å². The summed E-state index contributed by atoms with van der Waals surface area (Å²) in [6.07, 6.45) is 3.63. The number of hydrogen-bond acceptors (Lipinski definition) is 4. The largest absolute Gasteiger partial charge is 0.375 e. The molecule has 3 heterocycles. The second-order valence-electron chi connectivity index (χ2n) is 8.42. The average molecular weight is 536 g/mol. The van der Waals surface area contributed by atoms with Crippen molar-refractivity contribution in [3.63, 3.8) is 0 Å². The summed E-state index contributed by atoms with van der Waals surface area (Å²) in [6, 6.07) is 20.7. The fraction of sp³-hybridized carbons (Fsp3) is 0.148. The maximum absolute atomic E-state index is 14.1. The third kappa shape index (κ3) is 5.06. The summed E-state index contributed by atoms with van der Waals surface area (Å²) in [6.45, 7) is -0.0802. The van der Waals surface area contributed by atoms with E-state index in [2.05, 4.69) is 15.6 Å². The molecule has 0 aliphatic carbocycles. The number of rotatable bonds is 7. The fourth-order valence-electron chi connectivity index (χ4n) is 4.50. The van der Waals surface area contributed by atoms with Crippen molar-refractivity contribution < 1.29 is 13.9 Å². The number of amides is 1. The van der Waals surface area contributed by atoms with Crippen LogP contribution in [0.2, 0.25) is 5.02 Å². The van der Waals surface area contributed by atoms with Crippen LogP contribution < -0.4 is 15.5 Å². The summed E-state index contributed by atoms with van der Waals surface area (Å²) in [5, 5.41) is 6.98. The first kappa shape index (κ1) is 24.9. The van der Waals surface area contributed by atoms with Crippen molar-refractivity contribution >= 4 is 46.2 Å². The maximum atomic E-state index is 14.1. The molecule has 2 aromatic heterocycles. The summed E-state index contributed by atoms with van der Waals surface area (Å²) >= 11 is 12.4. The molecule has 0 spiro atoms. The number of aromatic nitrogens is 2. The smallest absolute Gasteiger partial charge is 0.250 e. The summed E-state index contributed by atoms with van der Waals surface area (Å²) in [7, 11) is 1.45. The van der Waals surface area contributed by atoms with Gasteiger partial charge in [-0.1, -0.05) is 23.7 Å². The number of carbonyl (C=O) groups is 1. The van der Waals surface area contributed by atoms with Gasteiger partial charge < -0.3 is 24.8 Å². The highest BCUT2D eigenvalue weighted by Crippen LogP contribution is 2.43. The third-order valence-corrected chi connectivity index (χ3v) is 6.68. The van der Waals surface area contributed by atoms with Crippen LogP contribution in [-0.2, 0) is 9.53 Å². The van der Waals surface area contributed by atoms with Crippen LogP contribution in [0, 0.1) is 5.82 Å². The molecule has 188 valence electrons. The fourth-order valence-corrected chi connectivity index (χ4v) is 5.07. The zero-order valence-electron chi connectivity index (χ0n) is 19.8. The molecular weight excluding hydrogens is 513 g/mol. The van der Waals surface area contributed by atoms with Gasteiger partial charge in [0.1, 0.15) is 18.5 Å². The number of anilines is 2. The van der Waals surface area contributed by atoms with Crippen LogP contribution in [0.3, 0.4) is 0 Å². The summed E-state index contributed by atoms with van der Waals surface area (Å²) < 4.78 is 20.9. The van der Waals surface area contributed by atoms with E-state index in [1.165, 1.54) is 19.2 Å². The van der Waals surface area contributed by atoms with Crippen LogP contribution in [0.15, 0.2) is 85.2 Å². The first-order chi connectivity index (χ1) is 18.0. The second kappa shape index (κ2) is 10.7. The molecule has 0 saturated carbocycles. The molecule has 1 saturated heterocycles. The highest BCUT2D eigenvalue weighted by atomic mass is 35.5. The Morgan fingerprint density at radius 1 is 1.14 bits per heavy atom.